The summed E-state index contributed by atoms with van der Waals surface area (Å²) < 4.78 is 61.7. The van der Waals surface area contributed by atoms with Crippen molar-refractivity contribution in [1.82, 2.24) is 0 Å². The zero-order valence-corrected chi connectivity index (χ0v) is 82.2. The van der Waals surface area contributed by atoms with Crippen LogP contribution in [0, 0.1) is 0 Å². The maximum atomic E-state index is 13.1. The summed E-state index contributed by atoms with van der Waals surface area (Å²) in [6, 6.07) is 0. The smallest absolute Gasteiger partial charge is 0.463 e. The molecule has 0 spiro atoms. The number of esters is 3. The molecule has 0 bridgehead atoms. The number of carbonyl (C=O) groups excluding carboxylic acids is 3. The Bertz CT molecular complexity index is 3090. The van der Waals surface area contributed by atoms with Gasteiger partial charge in [0.25, 0.3) is 0 Å². The van der Waals surface area contributed by atoms with Crippen LogP contribution in [0.5, 0.6) is 0 Å². The van der Waals surface area contributed by atoms with E-state index >= 15 is 0 Å². The minimum atomic E-state index is -4.95. The lowest BCUT2D eigenvalue weighted by Crippen LogP contribution is -2.30. The third-order valence-corrected chi connectivity index (χ3v) is 23.2. The van der Waals surface area contributed by atoms with Crippen molar-refractivity contribution in [3.63, 3.8) is 0 Å². The van der Waals surface area contributed by atoms with Gasteiger partial charge in [-0.25, -0.2) is 9.13 Å². The Morgan fingerprint density at radius 3 is 0.661 bits per heavy atom. The van der Waals surface area contributed by atoms with Crippen molar-refractivity contribution in [1.29, 1.82) is 0 Å². The van der Waals surface area contributed by atoms with Gasteiger partial charge in [-0.05, 0) is 167 Å². The Morgan fingerprint density at radius 2 is 0.417 bits per heavy atom. The van der Waals surface area contributed by atoms with Crippen molar-refractivity contribution in [2.75, 3.05) is 39.6 Å². The van der Waals surface area contributed by atoms with E-state index in [1.54, 1.807) is 0 Å². The second-order valence-corrected chi connectivity index (χ2v) is 36.4. The number of hydrogen-bond acceptors (Lipinski definition) is 14. The molecule has 0 aromatic rings. The lowest BCUT2D eigenvalue weighted by Gasteiger charge is -2.21. The molecular formula is C109H184O16P2. The molecule has 0 aromatic heterocycles. The standard InChI is InChI=1S/C109H184O16P2/c1-4-7-10-13-16-19-22-25-28-31-34-37-40-43-45-47-49-50-51-52-54-56-57-60-62-65-68-71-74-77-80-83-86-89-92-95-107(112)119-98-104(110)99-121-126(115,116)122-100-105(111)101-123-127(117,118)124-103-106(125-109(114)97-94-91-88-85-82-79-76-73-70-67-64-59-42-39-36-33-30-27-24-21-18-15-12-9-6-3)102-120-108(113)96-93-90-87-84-81-78-75-72-69-66-63-61-58-55-53-48-46-44-41-38-35-32-29-26-23-20-17-14-11-8-5-2/h7,9-10,12,16-21,25-30,34-39,43-46,49-50,59,64,70,73,104-106,110-111H,4-6,8,11,13-15,22-24,31-33,40-42,47-48,51-58,60-63,65-69,71-72,74-103H2,1-3H3,(H,115,116)(H,117,118)/b10-7-,12-9-,19-16-,20-17-,21-18-,28-25-,29-26-,30-27-,37-34-,38-35-,39-36-,45-43-,46-44-,50-49-,64-59-,73-70-. The van der Waals surface area contributed by atoms with Gasteiger partial charge in [-0.15, -0.1) is 0 Å². The molecule has 16 nitrogen and oxygen atoms in total. The van der Waals surface area contributed by atoms with Gasteiger partial charge in [-0.3, -0.25) is 32.5 Å². The second-order valence-electron chi connectivity index (χ2n) is 33.5. The summed E-state index contributed by atoms with van der Waals surface area (Å²) in [5.74, 6) is -1.58. The highest BCUT2D eigenvalue weighted by atomic mass is 31.2. The molecule has 5 unspecified atom stereocenters. The zero-order valence-electron chi connectivity index (χ0n) is 80.4. The molecule has 0 amide bonds. The Morgan fingerprint density at radius 1 is 0.228 bits per heavy atom. The topological polar surface area (TPSA) is 231 Å². The van der Waals surface area contributed by atoms with E-state index < -0.39 is 91.5 Å². The van der Waals surface area contributed by atoms with E-state index in [1.165, 1.54) is 186 Å². The highest BCUT2D eigenvalue weighted by Gasteiger charge is 2.30. The van der Waals surface area contributed by atoms with Crippen molar-refractivity contribution in [2.45, 2.75) is 437 Å². The van der Waals surface area contributed by atoms with Crippen molar-refractivity contribution in [2.24, 2.45) is 0 Å². The fraction of sp³-hybridized carbons (Fsp3) is 0.679. The molecule has 726 valence electrons. The molecule has 0 aliphatic heterocycles. The number of phosphoric ester groups is 2. The van der Waals surface area contributed by atoms with Crippen LogP contribution in [0.2, 0.25) is 0 Å². The first-order valence-corrected chi connectivity index (χ1v) is 53.7. The molecule has 0 radical (unpaired) electrons. The molecule has 5 atom stereocenters. The number of rotatable bonds is 95. The molecule has 0 rings (SSSR count). The summed E-state index contributed by atoms with van der Waals surface area (Å²) in [5.41, 5.74) is 0. The van der Waals surface area contributed by atoms with Gasteiger partial charge in [0.15, 0.2) is 6.10 Å². The van der Waals surface area contributed by atoms with Gasteiger partial charge in [-0.2, -0.15) is 0 Å². The molecule has 0 aliphatic rings. The predicted molar refractivity (Wildman–Crippen MR) is 537 cm³/mol. The van der Waals surface area contributed by atoms with E-state index in [0.717, 1.165) is 173 Å². The number of ether oxygens (including phenoxy) is 3. The summed E-state index contributed by atoms with van der Waals surface area (Å²) >= 11 is 0. The molecule has 0 aliphatic carbocycles. The summed E-state index contributed by atoms with van der Waals surface area (Å²) in [4.78, 5) is 59.2. The normalized spacial score (nSPS) is 14.5. The van der Waals surface area contributed by atoms with Crippen LogP contribution in [0.1, 0.15) is 419 Å². The number of carbonyl (C=O) groups is 3. The van der Waals surface area contributed by atoms with Gasteiger partial charge < -0.3 is 34.2 Å². The van der Waals surface area contributed by atoms with E-state index in [0.29, 0.717) is 19.3 Å². The molecule has 0 fully saturated rings. The van der Waals surface area contributed by atoms with Gasteiger partial charge in [0.2, 0.25) is 0 Å². The van der Waals surface area contributed by atoms with Crippen LogP contribution in [0.25, 0.3) is 0 Å². The zero-order chi connectivity index (χ0) is 92.1. The third kappa shape index (κ3) is 101. The van der Waals surface area contributed by atoms with E-state index in [1.807, 2.05) is 0 Å². The van der Waals surface area contributed by atoms with Crippen LogP contribution in [0.3, 0.4) is 0 Å². The van der Waals surface area contributed by atoms with Crippen LogP contribution >= 0.6 is 15.6 Å². The first kappa shape index (κ1) is 121. The summed E-state index contributed by atoms with van der Waals surface area (Å²) in [6.07, 6.45) is 133. The van der Waals surface area contributed by atoms with Crippen LogP contribution in [-0.2, 0) is 55.8 Å². The second kappa shape index (κ2) is 99.4. The highest BCUT2D eigenvalue weighted by Crippen LogP contribution is 2.45. The van der Waals surface area contributed by atoms with Gasteiger partial charge in [0, 0.05) is 19.3 Å². The van der Waals surface area contributed by atoms with Gasteiger partial charge in [0.1, 0.15) is 25.4 Å². The first-order chi connectivity index (χ1) is 62.2. The minimum Gasteiger partial charge on any atom is -0.463 e. The van der Waals surface area contributed by atoms with Crippen LogP contribution in [-0.4, -0.2) is 95.9 Å². The van der Waals surface area contributed by atoms with E-state index in [2.05, 4.69) is 215 Å². The maximum Gasteiger partial charge on any atom is 0.472 e. The van der Waals surface area contributed by atoms with Crippen LogP contribution < -0.4 is 0 Å². The summed E-state index contributed by atoms with van der Waals surface area (Å²) in [7, 11) is -9.83. The summed E-state index contributed by atoms with van der Waals surface area (Å²) in [5, 5.41) is 20.8. The van der Waals surface area contributed by atoms with Crippen LogP contribution in [0.15, 0.2) is 194 Å². The molecule has 0 heterocycles. The van der Waals surface area contributed by atoms with Crippen molar-refractivity contribution in [3.8, 4) is 0 Å². The number of hydrogen-bond donors (Lipinski definition) is 4. The molecule has 127 heavy (non-hydrogen) atoms. The Labute approximate surface area is 776 Å². The van der Waals surface area contributed by atoms with Gasteiger partial charge >= 0.3 is 33.6 Å². The molecular weight excluding hydrogens is 1630 g/mol. The predicted octanol–water partition coefficient (Wildman–Crippen LogP) is 32.1. The van der Waals surface area contributed by atoms with Gasteiger partial charge in [0.05, 0.1) is 26.4 Å². The van der Waals surface area contributed by atoms with Crippen molar-refractivity contribution < 1.29 is 75.8 Å². The minimum absolute atomic E-state index is 0.0825. The SMILES string of the molecule is CC/C=C\C/C=C\C/C=C\C/C=C\C/C=C\C/C=C\CCCCCCCCCCCCCCCCCCC(=O)OCC(O)COP(=O)(O)OCC(O)COP(=O)(O)OCC(COC(=O)CCCCCCCCCCCCCCCCC/C=C\C/C=C\C/C=C\C/C=C\CCCCC)OC(=O)CCCCCCCC/C=C\C/C=C\C/C=C\C/C=C\C/C=C\C/C=C\CC. The molecule has 0 saturated heterocycles. The van der Waals surface area contributed by atoms with Crippen molar-refractivity contribution >= 4 is 33.6 Å². The lowest BCUT2D eigenvalue weighted by molar-refractivity contribution is -0.161. The van der Waals surface area contributed by atoms with Crippen LogP contribution in [0.4, 0.5) is 0 Å². The number of allylic oxidation sites excluding steroid dienone is 32. The average molecular weight is 1810 g/mol. The number of aliphatic hydroxyl groups is 2. The number of aliphatic hydroxyl groups excluding tert-OH is 2. The highest BCUT2D eigenvalue weighted by molar-refractivity contribution is 7.47. The largest absolute Gasteiger partial charge is 0.472 e. The quantitative estimate of drug-likeness (QED) is 0.0146. The van der Waals surface area contributed by atoms with E-state index in [-0.39, 0.29) is 19.3 Å². The van der Waals surface area contributed by atoms with E-state index in [9.17, 15) is 43.5 Å². The fourth-order valence-corrected chi connectivity index (χ4v) is 15.3. The molecule has 18 heteroatoms. The average Bonchev–Trinajstić information content (AvgIpc) is 0.899. The molecule has 4 N–H and O–H groups in total. The third-order valence-electron chi connectivity index (χ3n) is 21.3. The van der Waals surface area contributed by atoms with E-state index in [4.69, 9.17) is 32.3 Å². The summed E-state index contributed by atoms with van der Waals surface area (Å²) in [6.45, 7) is 2.46. The first-order valence-electron chi connectivity index (χ1n) is 50.7. The van der Waals surface area contributed by atoms with Crippen molar-refractivity contribution in [3.05, 3.63) is 194 Å². The molecule has 0 saturated carbocycles. The maximum absolute atomic E-state index is 13.1. The Hall–Kier alpha value is -5.61. The molecule has 0 aromatic carbocycles. The number of phosphoric acid groups is 2. The monoisotopic (exact) mass is 1810 g/mol. The fourth-order valence-electron chi connectivity index (χ4n) is 13.7. The van der Waals surface area contributed by atoms with Gasteiger partial charge in [-0.1, -0.05) is 427 Å². The Balaban J connectivity index is 4.60. The lowest BCUT2D eigenvalue weighted by atomic mass is 10.0. The number of unbranched alkanes of at least 4 members (excludes halogenated alkanes) is 40. The Kier molecular flexibility index (Phi) is 95.0.